The van der Waals surface area contributed by atoms with Gasteiger partial charge >= 0.3 is 6.81 Å². The van der Waals surface area contributed by atoms with Gasteiger partial charge in [-0.3, -0.25) is 0 Å². The van der Waals surface area contributed by atoms with E-state index < -0.39 is 6.81 Å². The van der Waals surface area contributed by atoms with E-state index in [9.17, 15) is 8.39 Å². The molecule has 0 saturated carbocycles. The minimum Gasteiger partial charge on any atom is -0.236 e. The van der Waals surface area contributed by atoms with Gasteiger partial charge in [-0.2, -0.15) is 8.39 Å². The molecule has 0 rings (SSSR count). The Kier molecular flexibility index (Phi) is 3.02. The Hall–Kier alpha value is 0.470. The van der Waals surface area contributed by atoms with Gasteiger partial charge in [0.2, 0.25) is 0 Å². The first-order valence-electron chi connectivity index (χ1n) is 2.19. The highest BCUT2D eigenvalue weighted by Gasteiger charge is 2.12. The van der Waals surface area contributed by atoms with Crippen LogP contribution in [0.15, 0.2) is 0 Å². The number of hydrogen-bond acceptors (Lipinski definition) is 1. The quantitative estimate of drug-likeness (QED) is 0.619. The van der Waals surface area contributed by atoms with Crippen LogP contribution in [0.3, 0.4) is 0 Å². The molecule has 1 N–H and O–H groups in total. The fourth-order valence-electron chi connectivity index (χ4n) is 0.301. The molecule has 0 unspecified atom stereocenters. The highest BCUT2D eigenvalue weighted by molar-refractivity contribution is 8.08. The predicted molar refractivity (Wildman–Crippen MR) is 34.8 cm³/mol. The topological polar surface area (TPSA) is 12.0 Å². The standard InChI is InChI=1S/C3H8F2NPS/c1-3(2)6-7(4,5)8/h3H,1-2H3,(H,6,8). The number of hydrogen-bond donors (Lipinski definition) is 1. The van der Waals surface area contributed by atoms with Crippen LogP contribution in [0.5, 0.6) is 0 Å². The molecule has 1 nitrogen and oxygen atoms in total. The highest BCUT2D eigenvalue weighted by Crippen LogP contribution is 2.44. The van der Waals surface area contributed by atoms with Crippen LogP contribution in [0, 0.1) is 0 Å². The second kappa shape index (κ2) is 2.85. The number of rotatable bonds is 2. The molecule has 0 bridgehead atoms. The van der Waals surface area contributed by atoms with Crippen molar-refractivity contribution >= 4 is 18.6 Å². The fourth-order valence-corrected chi connectivity index (χ4v) is 1.53. The van der Waals surface area contributed by atoms with E-state index in [-0.39, 0.29) is 6.04 Å². The van der Waals surface area contributed by atoms with E-state index in [2.05, 4.69) is 11.8 Å². The summed E-state index contributed by atoms with van der Waals surface area (Å²) in [4.78, 5) is 0. The van der Waals surface area contributed by atoms with Crippen LogP contribution in [-0.4, -0.2) is 6.04 Å². The summed E-state index contributed by atoms with van der Waals surface area (Å²) in [6, 6.07) is -0.212. The Labute approximate surface area is 52.8 Å². The lowest BCUT2D eigenvalue weighted by Gasteiger charge is -2.06. The van der Waals surface area contributed by atoms with Crippen LogP contribution >= 0.6 is 6.81 Å². The van der Waals surface area contributed by atoms with E-state index in [0.29, 0.717) is 0 Å². The number of nitrogens with one attached hydrogen (secondary N) is 1. The Morgan fingerprint density at radius 1 is 1.50 bits per heavy atom. The van der Waals surface area contributed by atoms with Gasteiger partial charge in [0.25, 0.3) is 0 Å². The second-order valence-electron chi connectivity index (χ2n) is 1.75. The van der Waals surface area contributed by atoms with Crippen molar-refractivity contribution in [2.24, 2.45) is 0 Å². The van der Waals surface area contributed by atoms with Crippen LogP contribution in [-0.2, 0) is 11.8 Å². The molecule has 0 heterocycles. The monoisotopic (exact) mass is 159 g/mol. The van der Waals surface area contributed by atoms with Crippen molar-refractivity contribution in [2.45, 2.75) is 19.9 Å². The molecule has 0 aliphatic carbocycles. The summed E-state index contributed by atoms with van der Waals surface area (Å²) in [6.45, 7) is -0.860. The molecule has 8 heavy (non-hydrogen) atoms. The van der Waals surface area contributed by atoms with Crippen LogP contribution in [0.2, 0.25) is 0 Å². The second-order valence-corrected chi connectivity index (χ2v) is 4.30. The maximum absolute atomic E-state index is 11.8. The normalized spacial score (nSPS) is 12.6. The van der Waals surface area contributed by atoms with Crippen molar-refractivity contribution in [3.8, 4) is 0 Å². The van der Waals surface area contributed by atoms with Crippen LogP contribution in [0.25, 0.3) is 0 Å². The van der Waals surface area contributed by atoms with Crippen LogP contribution in [0.4, 0.5) is 8.39 Å². The Morgan fingerprint density at radius 3 is 1.88 bits per heavy atom. The average molecular weight is 159 g/mol. The molecule has 0 aliphatic heterocycles. The van der Waals surface area contributed by atoms with Crippen molar-refractivity contribution in [1.29, 1.82) is 0 Å². The molecule has 0 spiro atoms. The van der Waals surface area contributed by atoms with Gasteiger partial charge < -0.3 is 0 Å². The zero-order chi connectivity index (χ0) is 6.78. The first kappa shape index (κ1) is 8.47. The smallest absolute Gasteiger partial charge is 0.236 e. The molecule has 0 aromatic heterocycles. The molecule has 5 heteroatoms. The summed E-state index contributed by atoms with van der Waals surface area (Å²) in [7, 11) is 0. The van der Waals surface area contributed by atoms with Gasteiger partial charge in [0.15, 0.2) is 0 Å². The minimum absolute atomic E-state index is 0.212. The zero-order valence-electron chi connectivity index (χ0n) is 4.69. The summed E-state index contributed by atoms with van der Waals surface area (Å²) >= 11 is 3.83. The largest absolute Gasteiger partial charge is 0.339 e. The van der Waals surface area contributed by atoms with Gasteiger partial charge in [0.1, 0.15) is 0 Å². The van der Waals surface area contributed by atoms with E-state index >= 15 is 0 Å². The van der Waals surface area contributed by atoms with Gasteiger partial charge in [-0.25, -0.2) is 5.09 Å². The maximum atomic E-state index is 11.8. The summed E-state index contributed by atoms with van der Waals surface area (Å²) in [6.07, 6.45) is 0. The van der Waals surface area contributed by atoms with E-state index in [1.807, 2.05) is 5.09 Å². The molecule has 0 saturated heterocycles. The lowest BCUT2D eigenvalue weighted by Crippen LogP contribution is -2.15. The van der Waals surface area contributed by atoms with Gasteiger partial charge in [0, 0.05) is 6.04 Å². The molecule has 0 radical (unpaired) electrons. The zero-order valence-corrected chi connectivity index (χ0v) is 6.40. The average Bonchev–Trinajstić information content (AvgIpc) is 1.21. The summed E-state index contributed by atoms with van der Waals surface area (Å²) in [5, 5.41) is 1.97. The van der Waals surface area contributed by atoms with Gasteiger partial charge in [0.05, 0.1) is 0 Å². The van der Waals surface area contributed by atoms with Crippen molar-refractivity contribution in [2.75, 3.05) is 0 Å². The third-order valence-corrected chi connectivity index (χ3v) is 1.54. The molecule has 0 atom stereocenters. The third kappa shape index (κ3) is 6.47. The molecule has 50 valence electrons. The molecule has 0 amide bonds. The lowest BCUT2D eigenvalue weighted by atomic mass is 10.4. The fraction of sp³-hybridized carbons (Fsp3) is 1.00. The molecule has 0 fully saturated rings. The predicted octanol–water partition coefficient (Wildman–Crippen LogP) is 2.15. The van der Waals surface area contributed by atoms with E-state index in [1.165, 1.54) is 0 Å². The van der Waals surface area contributed by atoms with Gasteiger partial charge in [-0.1, -0.05) is 0 Å². The maximum Gasteiger partial charge on any atom is 0.339 e. The first-order chi connectivity index (χ1) is 3.42. The van der Waals surface area contributed by atoms with Crippen molar-refractivity contribution < 1.29 is 8.39 Å². The molecule has 0 aliphatic rings. The molecule has 0 aromatic rings. The van der Waals surface area contributed by atoms with Crippen molar-refractivity contribution in [3.63, 3.8) is 0 Å². The SMILES string of the molecule is CC(C)NP(F)(F)=S. The van der Waals surface area contributed by atoms with E-state index in [1.54, 1.807) is 13.8 Å². The molecule has 0 aromatic carbocycles. The molecular weight excluding hydrogens is 151 g/mol. The summed E-state index contributed by atoms with van der Waals surface area (Å²) < 4.78 is 23.6. The lowest BCUT2D eigenvalue weighted by molar-refractivity contribution is 0.648. The Morgan fingerprint density at radius 2 is 1.88 bits per heavy atom. The van der Waals surface area contributed by atoms with Crippen molar-refractivity contribution in [1.82, 2.24) is 5.09 Å². The number of halogens is 2. The van der Waals surface area contributed by atoms with Gasteiger partial charge in [-0.05, 0) is 25.7 Å². The third-order valence-electron chi connectivity index (χ3n) is 0.408. The van der Waals surface area contributed by atoms with Gasteiger partial charge in [-0.15, -0.1) is 0 Å². The first-order valence-corrected chi connectivity index (χ1v) is 4.77. The molecular formula is C3H8F2NPS. The van der Waals surface area contributed by atoms with Crippen LogP contribution < -0.4 is 5.09 Å². The minimum atomic E-state index is -4.14. The Bertz CT molecular complexity index is 110. The highest BCUT2D eigenvalue weighted by atomic mass is 32.5. The summed E-state index contributed by atoms with van der Waals surface area (Å²) in [5.41, 5.74) is 0. The van der Waals surface area contributed by atoms with Crippen LogP contribution in [0.1, 0.15) is 13.8 Å². The van der Waals surface area contributed by atoms with E-state index in [4.69, 9.17) is 0 Å². The van der Waals surface area contributed by atoms with Crippen molar-refractivity contribution in [3.05, 3.63) is 0 Å². The Balaban J connectivity index is 3.56. The summed E-state index contributed by atoms with van der Waals surface area (Å²) in [5.74, 6) is 0. The van der Waals surface area contributed by atoms with E-state index in [0.717, 1.165) is 0 Å².